The zero-order valence-corrected chi connectivity index (χ0v) is 19.0. The highest BCUT2D eigenvalue weighted by molar-refractivity contribution is 6.22. The van der Waals surface area contributed by atoms with Crippen molar-refractivity contribution in [2.45, 2.75) is 39.3 Å². The van der Waals surface area contributed by atoms with Gasteiger partial charge in [0.2, 0.25) is 5.91 Å². The lowest BCUT2D eigenvalue weighted by Gasteiger charge is -2.25. The van der Waals surface area contributed by atoms with Crippen LogP contribution in [0.2, 0.25) is 0 Å². The molecule has 174 valence electrons. The van der Waals surface area contributed by atoms with Crippen LogP contribution in [-0.2, 0) is 14.3 Å². The molecule has 0 aliphatic carbocycles. The number of hydrogen-bond acceptors (Lipinski definition) is 6. The molecule has 0 saturated carbocycles. The topological polar surface area (TPSA) is 105 Å². The second kappa shape index (κ2) is 10.2. The molecule has 0 spiro atoms. The van der Waals surface area contributed by atoms with Gasteiger partial charge in [-0.25, -0.2) is 14.5 Å². The van der Waals surface area contributed by atoms with Crippen LogP contribution < -0.4 is 15.0 Å². The van der Waals surface area contributed by atoms with Crippen LogP contribution in [0.15, 0.2) is 48.5 Å². The van der Waals surface area contributed by atoms with Crippen LogP contribution in [0.4, 0.5) is 16.2 Å². The number of rotatable bonds is 8. The Morgan fingerprint density at radius 2 is 1.79 bits per heavy atom. The monoisotopic (exact) mass is 453 g/mol. The maximum Gasteiger partial charge on any atom is 0.338 e. The second-order valence-corrected chi connectivity index (χ2v) is 7.72. The highest BCUT2D eigenvalue weighted by Gasteiger charge is 2.47. The lowest BCUT2D eigenvalue weighted by molar-refractivity contribution is -0.124. The van der Waals surface area contributed by atoms with E-state index in [2.05, 4.69) is 5.32 Å². The first kappa shape index (κ1) is 23.8. The molecule has 33 heavy (non-hydrogen) atoms. The smallest absolute Gasteiger partial charge is 0.338 e. The molecule has 9 nitrogen and oxygen atoms in total. The zero-order chi connectivity index (χ0) is 24.1. The van der Waals surface area contributed by atoms with E-state index in [0.717, 1.165) is 4.90 Å². The van der Waals surface area contributed by atoms with Crippen LogP contribution in [0, 0.1) is 0 Å². The Morgan fingerprint density at radius 1 is 1.09 bits per heavy atom. The molecule has 9 heteroatoms. The predicted molar refractivity (Wildman–Crippen MR) is 122 cm³/mol. The van der Waals surface area contributed by atoms with Crippen molar-refractivity contribution in [2.24, 2.45) is 0 Å². The molecule has 1 aliphatic heterocycles. The first-order chi connectivity index (χ1) is 15.8. The van der Waals surface area contributed by atoms with E-state index in [9.17, 15) is 19.2 Å². The number of carbonyl (C=O) groups excluding carboxylic acids is 4. The van der Waals surface area contributed by atoms with Crippen LogP contribution in [0.5, 0.6) is 5.75 Å². The highest BCUT2D eigenvalue weighted by atomic mass is 16.5. The number of amides is 4. The third kappa shape index (κ3) is 5.14. The molecule has 0 aromatic heterocycles. The molecule has 1 aliphatic rings. The van der Waals surface area contributed by atoms with Crippen molar-refractivity contribution in [2.75, 3.05) is 23.9 Å². The minimum atomic E-state index is -0.951. The number of nitrogens with one attached hydrogen (secondary N) is 1. The standard InChI is InChI=1S/C24H27N3O6/c1-5-33-23(30)16-7-6-8-17(13-16)25-21(28)14-20-22(29)27(24(31)26(20)15(2)3)18-9-11-19(32-4)12-10-18/h6-13,15,20H,5,14H2,1-4H3,(H,25,28). The Kier molecular flexibility index (Phi) is 7.32. The molecule has 0 radical (unpaired) electrons. The number of esters is 1. The summed E-state index contributed by atoms with van der Waals surface area (Å²) in [4.78, 5) is 53.4. The minimum absolute atomic E-state index is 0.223. The van der Waals surface area contributed by atoms with Crippen molar-refractivity contribution in [1.29, 1.82) is 0 Å². The second-order valence-electron chi connectivity index (χ2n) is 7.72. The summed E-state index contributed by atoms with van der Waals surface area (Å²) in [6, 6.07) is 11.2. The van der Waals surface area contributed by atoms with Gasteiger partial charge >= 0.3 is 12.0 Å². The largest absolute Gasteiger partial charge is 0.497 e. The number of ether oxygens (including phenoxy) is 2. The van der Waals surface area contributed by atoms with Gasteiger partial charge in [0.25, 0.3) is 5.91 Å². The molecule has 3 rings (SSSR count). The maximum absolute atomic E-state index is 13.2. The van der Waals surface area contributed by atoms with Crippen molar-refractivity contribution in [3.05, 3.63) is 54.1 Å². The molecular formula is C24H27N3O6. The third-order valence-corrected chi connectivity index (χ3v) is 5.18. The summed E-state index contributed by atoms with van der Waals surface area (Å²) < 4.78 is 10.1. The number of benzene rings is 2. The summed E-state index contributed by atoms with van der Waals surface area (Å²) in [5, 5.41) is 2.70. The summed E-state index contributed by atoms with van der Waals surface area (Å²) in [7, 11) is 1.53. The number of imide groups is 1. The molecular weight excluding hydrogens is 426 g/mol. The van der Waals surface area contributed by atoms with Crippen LogP contribution in [0.3, 0.4) is 0 Å². The van der Waals surface area contributed by atoms with Crippen molar-refractivity contribution >= 4 is 35.2 Å². The van der Waals surface area contributed by atoms with E-state index in [4.69, 9.17) is 9.47 Å². The molecule has 1 saturated heterocycles. The van der Waals surface area contributed by atoms with E-state index < -0.39 is 29.9 Å². The number of nitrogens with zero attached hydrogens (tertiary/aromatic N) is 2. The van der Waals surface area contributed by atoms with Crippen molar-refractivity contribution in [3.8, 4) is 5.75 Å². The number of hydrogen-bond donors (Lipinski definition) is 1. The summed E-state index contributed by atoms with van der Waals surface area (Å²) >= 11 is 0. The van der Waals surface area contributed by atoms with E-state index in [-0.39, 0.29) is 19.1 Å². The Hall–Kier alpha value is -3.88. The SMILES string of the molecule is CCOC(=O)c1cccc(NC(=O)CC2C(=O)N(c3ccc(OC)cc3)C(=O)N2C(C)C)c1. The molecule has 1 atom stereocenters. The van der Waals surface area contributed by atoms with E-state index >= 15 is 0 Å². The fourth-order valence-corrected chi connectivity index (χ4v) is 3.67. The normalized spacial score (nSPS) is 15.7. The highest BCUT2D eigenvalue weighted by Crippen LogP contribution is 2.30. The zero-order valence-electron chi connectivity index (χ0n) is 19.0. The van der Waals surface area contributed by atoms with E-state index in [1.807, 2.05) is 0 Å². The van der Waals surface area contributed by atoms with Crippen molar-refractivity contribution in [1.82, 2.24) is 4.90 Å². The van der Waals surface area contributed by atoms with Gasteiger partial charge in [-0.3, -0.25) is 9.59 Å². The fourth-order valence-electron chi connectivity index (χ4n) is 3.67. The van der Waals surface area contributed by atoms with Crippen molar-refractivity contribution in [3.63, 3.8) is 0 Å². The number of urea groups is 1. The Labute approximate surface area is 192 Å². The lowest BCUT2D eigenvalue weighted by Crippen LogP contribution is -2.42. The van der Waals surface area contributed by atoms with Crippen molar-refractivity contribution < 1.29 is 28.7 Å². The van der Waals surface area contributed by atoms with Gasteiger partial charge in [-0.2, -0.15) is 0 Å². The first-order valence-electron chi connectivity index (χ1n) is 10.6. The quantitative estimate of drug-likeness (QED) is 0.485. The molecule has 4 amide bonds. The van der Waals surface area contributed by atoms with Crippen LogP contribution in [-0.4, -0.2) is 54.5 Å². The third-order valence-electron chi connectivity index (χ3n) is 5.18. The first-order valence-corrected chi connectivity index (χ1v) is 10.6. The number of anilines is 2. The van der Waals surface area contributed by atoms with E-state index in [1.54, 1.807) is 63.2 Å². The molecule has 2 aromatic rings. The van der Waals surface area contributed by atoms with Crippen LogP contribution in [0.1, 0.15) is 37.6 Å². The average molecular weight is 453 g/mol. The summed E-state index contributed by atoms with van der Waals surface area (Å²) in [5.41, 5.74) is 1.10. The number of methoxy groups -OCH3 is 1. The van der Waals surface area contributed by atoms with Gasteiger partial charge in [-0.05, 0) is 63.2 Å². The lowest BCUT2D eigenvalue weighted by atomic mass is 10.1. The Bertz CT molecular complexity index is 1050. The maximum atomic E-state index is 13.2. The summed E-state index contributed by atoms with van der Waals surface area (Å²) in [6.07, 6.45) is -0.223. The molecule has 1 heterocycles. The molecule has 1 fully saturated rings. The fraction of sp³-hybridized carbons (Fsp3) is 0.333. The Balaban J connectivity index is 1.77. The van der Waals surface area contributed by atoms with Gasteiger partial charge in [0.1, 0.15) is 11.8 Å². The molecule has 1 N–H and O–H groups in total. The van der Waals surface area contributed by atoms with Gasteiger partial charge in [0.05, 0.1) is 31.4 Å². The van der Waals surface area contributed by atoms with Crippen LogP contribution >= 0.6 is 0 Å². The van der Waals surface area contributed by atoms with E-state index in [0.29, 0.717) is 22.7 Å². The minimum Gasteiger partial charge on any atom is -0.497 e. The summed E-state index contributed by atoms with van der Waals surface area (Å²) in [6.45, 7) is 5.52. The van der Waals surface area contributed by atoms with Gasteiger partial charge in [-0.15, -0.1) is 0 Å². The number of carbonyl (C=O) groups is 4. The van der Waals surface area contributed by atoms with Gasteiger partial charge < -0.3 is 19.7 Å². The van der Waals surface area contributed by atoms with Gasteiger partial charge in [-0.1, -0.05) is 6.07 Å². The average Bonchev–Trinajstić information content (AvgIpc) is 3.03. The molecule has 2 aromatic carbocycles. The van der Waals surface area contributed by atoms with Gasteiger partial charge in [0.15, 0.2) is 0 Å². The summed E-state index contributed by atoms with van der Waals surface area (Å²) in [5.74, 6) is -0.829. The molecule has 1 unspecified atom stereocenters. The van der Waals surface area contributed by atoms with E-state index in [1.165, 1.54) is 18.1 Å². The Morgan fingerprint density at radius 3 is 2.39 bits per heavy atom. The molecule has 0 bridgehead atoms. The van der Waals surface area contributed by atoms with Crippen LogP contribution in [0.25, 0.3) is 0 Å². The predicted octanol–water partition coefficient (Wildman–Crippen LogP) is 3.45. The van der Waals surface area contributed by atoms with Gasteiger partial charge in [0, 0.05) is 11.7 Å².